The van der Waals surface area contributed by atoms with E-state index in [-0.39, 0.29) is 0 Å². The molecule has 1 aromatic carbocycles. The molecular formula is C12H14N2S. The summed E-state index contributed by atoms with van der Waals surface area (Å²) in [4.78, 5) is 1.24. The smallest absolute Gasteiger partial charge is 0.0994 e. The second kappa shape index (κ2) is 4.69. The molecule has 0 radical (unpaired) electrons. The summed E-state index contributed by atoms with van der Waals surface area (Å²) < 4.78 is 2.39. The van der Waals surface area contributed by atoms with Crippen LogP contribution in [0.5, 0.6) is 0 Å². The van der Waals surface area contributed by atoms with Crippen LogP contribution in [0.2, 0.25) is 0 Å². The molecule has 0 aliphatic carbocycles. The van der Waals surface area contributed by atoms with Gasteiger partial charge in [-0.15, -0.1) is 0 Å². The van der Waals surface area contributed by atoms with Gasteiger partial charge in [0, 0.05) is 18.0 Å². The molecule has 1 aliphatic heterocycles. The quantitative estimate of drug-likeness (QED) is 0.714. The second-order valence-electron chi connectivity index (χ2n) is 3.82. The summed E-state index contributed by atoms with van der Waals surface area (Å²) in [5.74, 6) is 0. The SMILES string of the molecule is Cc1cc(SN2CCCC2)ccc1C#N. The molecule has 78 valence electrons. The first-order chi connectivity index (χ1) is 7.29. The van der Waals surface area contributed by atoms with Gasteiger partial charge in [-0.3, -0.25) is 0 Å². The van der Waals surface area contributed by atoms with Crippen LogP contribution in [0.4, 0.5) is 0 Å². The van der Waals surface area contributed by atoms with Crippen LogP contribution in [-0.4, -0.2) is 17.4 Å². The largest absolute Gasteiger partial charge is 0.246 e. The standard InChI is InChI=1S/C12H14N2S/c1-10-8-12(5-4-11(10)9-13)15-14-6-2-3-7-14/h4-5,8H,2-3,6-7H2,1H3. The summed E-state index contributed by atoms with van der Waals surface area (Å²) in [6, 6.07) is 8.24. The molecule has 1 aliphatic rings. The molecule has 0 amide bonds. The Bertz CT molecular complexity index is 389. The minimum Gasteiger partial charge on any atom is -0.246 e. The van der Waals surface area contributed by atoms with Crippen molar-refractivity contribution < 1.29 is 0 Å². The van der Waals surface area contributed by atoms with Crippen LogP contribution >= 0.6 is 11.9 Å². The summed E-state index contributed by atoms with van der Waals surface area (Å²) in [6.45, 7) is 4.36. The van der Waals surface area contributed by atoms with E-state index in [0.717, 1.165) is 11.1 Å². The average Bonchev–Trinajstić information content (AvgIpc) is 2.71. The topological polar surface area (TPSA) is 27.0 Å². The van der Waals surface area contributed by atoms with E-state index < -0.39 is 0 Å². The van der Waals surface area contributed by atoms with Gasteiger partial charge in [-0.2, -0.15) is 5.26 Å². The molecule has 2 rings (SSSR count). The van der Waals surface area contributed by atoms with Gasteiger partial charge in [0.25, 0.3) is 0 Å². The summed E-state index contributed by atoms with van der Waals surface area (Å²) in [5, 5.41) is 8.83. The van der Waals surface area contributed by atoms with E-state index in [9.17, 15) is 0 Å². The first-order valence-corrected chi connectivity index (χ1v) is 6.00. The number of rotatable bonds is 2. The number of nitrogens with zero attached hydrogens (tertiary/aromatic N) is 2. The van der Waals surface area contributed by atoms with E-state index >= 15 is 0 Å². The lowest BCUT2D eigenvalue weighted by Gasteiger charge is -2.13. The third kappa shape index (κ3) is 2.53. The molecule has 1 aromatic rings. The lowest BCUT2D eigenvalue weighted by atomic mass is 10.1. The maximum absolute atomic E-state index is 8.83. The van der Waals surface area contributed by atoms with Gasteiger partial charge in [-0.1, -0.05) is 0 Å². The highest BCUT2D eigenvalue weighted by Gasteiger charge is 2.12. The Balaban J connectivity index is 2.09. The van der Waals surface area contributed by atoms with Gasteiger partial charge >= 0.3 is 0 Å². The van der Waals surface area contributed by atoms with E-state index in [1.807, 2.05) is 31.0 Å². The van der Waals surface area contributed by atoms with Crippen LogP contribution in [0.1, 0.15) is 24.0 Å². The molecule has 3 heteroatoms. The Morgan fingerprint density at radius 1 is 1.33 bits per heavy atom. The van der Waals surface area contributed by atoms with Gasteiger partial charge in [-0.05, 0) is 55.5 Å². The molecule has 1 heterocycles. The second-order valence-corrected chi connectivity index (χ2v) is 4.99. The van der Waals surface area contributed by atoms with Gasteiger partial charge in [-0.25, -0.2) is 4.31 Å². The number of aryl methyl sites for hydroxylation is 1. The molecule has 0 atom stereocenters. The molecule has 0 aromatic heterocycles. The van der Waals surface area contributed by atoms with Crippen LogP contribution in [0.25, 0.3) is 0 Å². The summed E-state index contributed by atoms with van der Waals surface area (Å²) in [6.07, 6.45) is 2.62. The number of benzene rings is 1. The highest BCUT2D eigenvalue weighted by atomic mass is 32.2. The Labute approximate surface area is 95.0 Å². The Kier molecular flexibility index (Phi) is 3.30. The van der Waals surface area contributed by atoms with Crippen molar-refractivity contribution in [2.24, 2.45) is 0 Å². The van der Waals surface area contributed by atoms with E-state index in [1.54, 1.807) is 0 Å². The summed E-state index contributed by atoms with van der Waals surface area (Å²) in [5.41, 5.74) is 1.85. The van der Waals surface area contributed by atoms with Crippen LogP contribution in [0.15, 0.2) is 23.1 Å². The molecule has 15 heavy (non-hydrogen) atoms. The lowest BCUT2D eigenvalue weighted by Crippen LogP contribution is -2.08. The molecule has 0 unspecified atom stereocenters. The maximum atomic E-state index is 8.83. The first kappa shape index (κ1) is 10.5. The third-order valence-electron chi connectivity index (χ3n) is 2.62. The minimum atomic E-state index is 0.778. The first-order valence-electron chi connectivity index (χ1n) is 5.23. The van der Waals surface area contributed by atoms with E-state index in [2.05, 4.69) is 16.4 Å². The zero-order valence-electron chi connectivity index (χ0n) is 8.86. The van der Waals surface area contributed by atoms with Crippen LogP contribution in [-0.2, 0) is 0 Å². The van der Waals surface area contributed by atoms with Gasteiger partial charge in [0.05, 0.1) is 11.6 Å². The van der Waals surface area contributed by atoms with Crippen LogP contribution < -0.4 is 0 Å². The van der Waals surface area contributed by atoms with E-state index in [1.165, 1.54) is 30.8 Å². The van der Waals surface area contributed by atoms with Crippen LogP contribution in [0.3, 0.4) is 0 Å². The van der Waals surface area contributed by atoms with Crippen molar-refractivity contribution in [1.82, 2.24) is 4.31 Å². The highest BCUT2D eigenvalue weighted by molar-refractivity contribution is 7.97. The predicted octanol–water partition coefficient (Wildman–Crippen LogP) is 2.97. The fraction of sp³-hybridized carbons (Fsp3) is 0.417. The van der Waals surface area contributed by atoms with Gasteiger partial charge < -0.3 is 0 Å². The van der Waals surface area contributed by atoms with Crippen molar-refractivity contribution in [1.29, 1.82) is 5.26 Å². The molecule has 0 spiro atoms. The van der Waals surface area contributed by atoms with Crippen molar-refractivity contribution in [2.45, 2.75) is 24.7 Å². The molecule has 1 fully saturated rings. The fourth-order valence-corrected chi connectivity index (χ4v) is 2.84. The number of nitriles is 1. The van der Waals surface area contributed by atoms with Crippen LogP contribution in [0, 0.1) is 18.3 Å². The van der Waals surface area contributed by atoms with E-state index in [0.29, 0.717) is 0 Å². The van der Waals surface area contributed by atoms with Crippen molar-refractivity contribution in [3.8, 4) is 6.07 Å². The predicted molar refractivity (Wildman–Crippen MR) is 62.6 cm³/mol. The highest BCUT2D eigenvalue weighted by Crippen LogP contribution is 2.27. The normalized spacial score (nSPS) is 16.5. The number of hydrogen-bond acceptors (Lipinski definition) is 3. The average molecular weight is 218 g/mol. The molecule has 1 saturated heterocycles. The van der Waals surface area contributed by atoms with Gasteiger partial charge in [0.15, 0.2) is 0 Å². The zero-order valence-corrected chi connectivity index (χ0v) is 9.68. The zero-order chi connectivity index (χ0) is 10.7. The monoisotopic (exact) mass is 218 g/mol. The van der Waals surface area contributed by atoms with Gasteiger partial charge in [0.1, 0.15) is 0 Å². The van der Waals surface area contributed by atoms with Crippen molar-refractivity contribution in [3.63, 3.8) is 0 Å². The van der Waals surface area contributed by atoms with Crippen molar-refractivity contribution in [3.05, 3.63) is 29.3 Å². The molecule has 2 nitrogen and oxygen atoms in total. The fourth-order valence-electron chi connectivity index (χ4n) is 1.75. The number of hydrogen-bond donors (Lipinski definition) is 0. The molecular weight excluding hydrogens is 204 g/mol. The third-order valence-corrected chi connectivity index (χ3v) is 3.71. The van der Waals surface area contributed by atoms with E-state index in [4.69, 9.17) is 5.26 Å². The summed E-state index contributed by atoms with van der Waals surface area (Å²) in [7, 11) is 0. The summed E-state index contributed by atoms with van der Waals surface area (Å²) >= 11 is 1.81. The maximum Gasteiger partial charge on any atom is 0.0994 e. The van der Waals surface area contributed by atoms with Gasteiger partial charge in [0.2, 0.25) is 0 Å². The Morgan fingerprint density at radius 3 is 2.67 bits per heavy atom. The minimum absolute atomic E-state index is 0.778. The Hall–Kier alpha value is -0.980. The lowest BCUT2D eigenvalue weighted by molar-refractivity contribution is 0.586. The van der Waals surface area contributed by atoms with Crippen molar-refractivity contribution in [2.75, 3.05) is 13.1 Å². The Morgan fingerprint density at radius 2 is 2.07 bits per heavy atom. The van der Waals surface area contributed by atoms with Crippen molar-refractivity contribution >= 4 is 11.9 Å². The molecule has 0 bridgehead atoms. The molecule has 0 N–H and O–H groups in total. The molecule has 0 saturated carbocycles.